The molecule has 2 saturated heterocycles. The van der Waals surface area contributed by atoms with Crippen molar-refractivity contribution in [3.63, 3.8) is 0 Å². The molecule has 0 unspecified atom stereocenters. The van der Waals surface area contributed by atoms with E-state index in [1.807, 2.05) is 4.90 Å². The van der Waals surface area contributed by atoms with Gasteiger partial charge in [-0.25, -0.2) is 4.90 Å². The van der Waals surface area contributed by atoms with E-state index < -0.39 is 6.04 Å². The number of carbonyl (C=O) groups excluding carboxylic acids is 3. The minimum atomic E-state index is -0.492. The van der Waals surface area contributed by atoms with Crippen molar-refractivity contribution in [1.82, 2.24) is 4.90 Å². The van der Waals surface area contributed by atoms with Crippen molar-refractivity contribution < 1.29 is 14.4 Å². The highest BCUT2D eigenvalue weighted by Gasteiger charge is 2.44. The van der Waals surface area contributed by atoms with E-state index in [0.717, 1.165) is 17.3 Å². The Morgan fingerprint density at radius 3 is 2.57 bits per heavy atom. The average molecular weight is 380 g/mol. The number of halogens is 1. The van der Waals surface area contributed by atoms with Crippen LogP contribution < -0.4 is 10.6 Å². The molecule has 0 bridgehead atoms. The van der Waals surface area contributed by atoms with Crippen molar-refractivity contribution in [2.75, 3.05) is 18.0 Å². The highest BCUT2D eigenvalue weighted by molar-refractivity contribution is 9.10. The molecule has 0 spiro atoms. The number of hydrogen-bond acceptors (Lipinski definition) is 4. The summed E-state index contributed by atoms with van der Waals surface area (Å²) in [5.41, 5.74) is 5.97. The number of likely N-dealkylation sites (tertiary alicyclic amines) is 1. The van der Waals surface area contributed by atoms with Crippen molar-refractivity contribution in [2.24, 2.45) is 11.7 Å². The quantitative estimate of drug-likeness (QED) is 0.801. The molecule has 2 fully saturated rings. The normalized spacial score (nSPS) is 25.9. The zero-order valence-corrected chi connectivity index (χ0v) is 14.2. The molecule has 1 aromatic carbocycles. The van der Waals surface area contributed by atoms with Gasteiger partial charge >= 0.3 is 0 Å². The molecule has 2 atom stereocenters. The van der Waals surface area contributed by atoms with Gasteiger partial charge in [-0.15, -0.1) is 0 Å². The summed E-state index contributed by atoms with van der Waals surface area (Å²) in [7, 11) is 0. The summed E-state index contributed by atoms with van der Waals surface area (Å²) in [5.74, 6) is -1.00. The predicted octanol–water partition coefficient (Wildman–Crippen LogP) is 1.28. The van der Waals surface area contributed by atoms with Gasteiger partial charge in [0, 0.05) is 11.0 Å². The standard InChI is InChI=1S/C16H18BrN3O3/c17-11-3-5-12(6-4-11)20-14(21)8-13(16(20)23)19-7-1-2-10(9-19)15(18)22/h3-6,10,13H,1-2,7-9H2,(H2,18,22)/t10-,13+/m0/s1. The third-order valence-corrected chi connectivity index (χ3v) is 5.03. The molecule has 2 aliphatic rings. The van der Waals surface area contributed by atoms with Gasteiger partial charge in [0.1, 0.15) is 0 Å². The number of benzene rings is 1. The number of hydrogen-bond donors (Lipinski definition) is 1. The SMILES string of the molecule is NC(=O)[C@H]1CCCN([C@@H]2CC(=O)N(c3ccc(Br)cc3)C2=O)C1. The molecule has 2 heterocycles. The van der Waals surface area contributed by atoms with Gasteiger partial charge in [0.25, 0.3) is 5.91 Å². The van der Waals surface area contributed by atoms with Crippen LogP contribution in [0.5, 0.6) is 0 Å². The van der Waals surface area contributed by atoms with Gasteiger partial charge in [-0.2, -0.15) is 0 Å². The second-order valence-electron chi connectivity index (χ2n) is 6.00. The second-order valence-corrected chi connectivity index (χ2v) is 6.92. The van der Waals surface area contributed by atoms with Crippen LogP contribution in [0.3, 0.4) is 0 Å². The second kappa shape index (κ2) is 6.41. The number of carbonyl (C=O) groups is 3. The van der Waals surface area contributed by atoms with E-state index >= 15 is 0 Å². The summed E-state index contributed by atoms with van der Waals surface area (Å²) in [6.07, 6.45) is 1.71. The summed E-state index contributed by atoms with van der Waals surface area (Å²) < 4.78 is 0.886. The first kappa shape index (κ1) is 16.1. The Labute approximate surface area is 142 Å². The Bertz CT molecular complexity index is 646. The van der Waals surface area contributed by atoms with E-state index in [9.17, 15) is 14.4 Å². The maximum atomic E-state index is 12.7. The number of piperidine rings is 1. The topological polar surface area (TPSA) is 83.7 Å². The first-order chi connectivity index (χ1) is 11.0. The van der Waals surface area contributed by atoms with Crippen LogP contribution in [0.2, 0.25) is 0 Å². The Morgan fingerprint density at radius 2 is 1.91 bits per heavy atom. The molecule has 122 valence electrons. The lowest BCUT2D eigenvalue weighted by Crippen LogP contribution is -2.49. The summed E-state index contributed by atoms with van der Waals surface area (Å²) in [6, 6.07) is 6.59. The largest absolute Gasteiger partial charge is 0.369 e. The third-order valence-electron chi connectivity index (χ3n) is 4.50. The van der Waals surface area contributed by atoms with Crippen LogP contribution in [0.25, 0.3) is 0 Å². The molecule has 3 amide bonds. The van der Waals surface area contributed by atoms with Gasteiger partial charge in [-0.1, -0.05) is 15.9 Å². The number of nitrogens with two attached hydrogens (primary N) is 1. The smallest absolute Gasteiger partial charge is 0.251 e. The first-order valence-electron chi connectivity index (χ1n) is 7.63. The fourth-order valence-corrected chi connectivity index (χ4v) is 3.55. The van der Waals surface area contributed by atoms with E-state index in [1.165, 1.54) is 4.90 Å². The number of nitrogens with zero attached hydrogens (tertiary/aromatic N) is 2. The van der Waals surface area contributed by atoms with E-state index in [4.69, 9.17) is 5.73 Å². The number of imide groups is 1. The highest BCUT2D eigenvalue weighted by atomic mass is 79.9. The number of amides is 3. The molecule has 2 aliphatic heterocycles. The average Bonchev–Trinajstić information content (AvgIpc) is 2.83. The molecule has 2 N–H and O–H groups in total. The first-order valence-corrected chi connectivity index (χ1v) is 8.42. The lowest BCUT2D eigenvalue weighted by Gasteiger charge is -2.34. The van der Waals surface area contributed by atoms with Crippen molar-refractivity contribution in [2.45, 2.75) is 25.3 Å². The van der Waals surface area contributed by atoms with E-state index in [2.05, 4.69) is 15.9 Å². The summed E-state index contributed by atoms with van der Waals surface area (Å²) in [6.45, 7) is 1.16. The van der Waals surface area contributed by atoms with E-state index in [-0.39, 0.29) is 30.1 Å². The van der Waals surface area contributed by atoms with Crippen LogP contribution in [-0.2, 0) is 14.4 Å². The predicted molar refractivity (Wildman–Crippen MR) is 88.5 cm³/mol. The number of rotatable bonds is 3. The summed E-state index contributed by atoms with van der Waals surface area (Å²) in [5, 5.41) is 0. The molecule has 1 aromatic rings. The fourth-order valence-electron chi connectivity index (χ4n) is 3.28. The minimum absolute atomic E-state index is 0.153. The van der Waals surface area contributed by atoms with Crippen molar-refractivity contribution >= 4 is 39.3 Å². The Balaban J connectivity index is 1.78. The maximum absolute atomic E-state index is 12.7. The maximum Gasteiger partial charge on any atom is 0.251 e. The van der Waals surface area contributed by atoms with Crippen LogP contribution >= 0.6 is 15.9 Å². The fraction of sp³-hybridized carbons (Fsp3) is 0.438. The molecule has 0 radical (unpaired) electrons. The van der Waals surface area contributed by atoms with Crippen LogP contribution in [-0.4, -0.2) is 41.8 Å². The van der Waals surface area contributed by atoms with Crippen LogP contribution in [0.1, 0.15) is 19.3 Å². The van der Waals surface area contributed by atoms with Crippen LogP contribution in [0.15, 0.2) is 28.7 Å². The van der Waals surface area contributed by atoms with Crippen molar-refractivity contribution in [3.8, 4) is 0 Å². The lowest BCUT2D eigenvalue weighted by atomic mass is 9.96. The molecular formula is C16H18BrN3O3. The molecular weight excluding hydrogens is 362 g/mol. The van der Waals surface area contributed by atoms with Gasteiger partial charge in [-0.3, -0.25) is 19.3 Å². The minimum Gasteiger partial charge on any atom is -0.369 e. The van der Waals surface area contributed by atoms with Gasteiger partial charge in [0.15, 0.2) is 0 Å². The molecule has 23 heavy (non-hydrogen) atoms. The molecule has 7 heteroatoms. The Kier molecular flexibility index (Phi) is 4.50. The van der Waals surface area contributed by atoms with Crippen molar-refractivity contribution in [3.05, 3.63) is 28.7 Å². The van der Waals surface area contributed by atoms with Crippen LogP contribution in [0, 0.1) is 5.92 Å². The van der Waals surface area contributed by atoms with Gasteiger partial charge < -0.3 is 5.73 Å². The molecule has 0 aromatic heterocycles. The zero-order chi connectivity index (χ0) is 16.6. The molecule has 0 saturated carbocycles. The number of anilines is 1. The zero-order valence-electron chi connectivity index (χ0n) is 12.6. The van der Waals surface area contributed by atoms with Gasteiger partial charge in [-0.05, 0) is 43.7 Å². The van der Waals surface area contributed by atoms with E-state index in [0.29, 0.717) is 18.8 Å². The molecule has 3 rings (SSSR count). The third kappa shape index (κ3) is 3.16. The highest BCUT2D eigenvalue weighted by Crippen LogP contribution is 2.29. The Hall–Kier alpha value is -1.73. The Morgan fingerprint density at radius 1 is 1.22 bits per heavy atom. The number of primary amides is 1. The van der Waals surface area contributed by atoms with Crippen LogP contribution in [0.4, 0.5) is 5.69 Å². The molecule has 6 nitrogen and oxygen atoms in total. The summed E-state index contributed by atoms with van der Waals surface area (Å²) in [4.78, 5) is 39.6. The molecule has 0 aliphatic carbocycles. The van der Waals surface area contributed by atoms with Gasteiger partial charge in [0.05, 0.1) is 24.1 Å². The van der Waals surface area contributed by atoms with Crippen molar-refractivity contribution in [1.29, 1.82) is 0 Å². The lowest BCUT2D eigenvalue weighted by molar-refractivity contribution is -0.127. The summed E-state index contributed by atoms with van der Waals surface area (Å²) >= 11 is 3.34. The monoisotopic (exact) mass is 379 g/mol. The van der Waals surface area contributed by atoms with E-state index in [1.54, 1.807) is 24.3 Å². The van der Waals surface area contributed by atoms with Gasteiger partial charge in [0.2, 0.25) is 11.8 Å².